The van der Waals surface area contributed by atoms with Crippen LogP contribution in [-0.2, 0) is 17.8 Å². The van der Waals surface area contributed by atoms with E-state index in [2.05, 4.69) is 42.0 Å². The molecule has 0 amide bonds. The van der Waals surface area contributed by atoms with Crippen molar-refractivity contribution in [3.05, 3.63) is 72.6 Å². The number of morpholine rings is 1. The Bertz CT molecular complexity index is 1780. The second-order valence-electron chi connectivity index (χ2n) is 11.3. The van der Waals surface area contributed by atoms with Gasteiger partial charge in [-0.1, -0.05) is 6.07 Å². The first kappa shape index (κ1) is 28.8. The first-order chi connectivity index (χ1) is 22.2. The number of rotatable bonds is 9. The molecule has 0 radical (unpaired) electrons. The van der Waals surface area contributed by atoms with Gasteiger partial charge in [0, 0.05) is 88.1 Å². The number of fused-ring (bicyclic) bond motifs is 1. The zero-order valence-electron chi connectivity index (χ0n) is 25.3. The standard InChI is InChI=1S/C32H35N11O2/c1-44-30-5-2-24(17-35-30)21-40-6-9-41(10-7-40)29-4-3-25(18-34-29)31-32-26(16-33)19-37-43(32)23-28(38-31)27-20-36-42(22-27)11-8-39-12-14-45-15-13-39/h2-5,17-20,22-23H,6-15,21H2,1H3. The average Bonchev–Trinajstić information content (AvgIpc) is 3.76. The van der Waals surface area contributed by atoms with E-state index in [1.54, 1.807) is 17.8 Å². The maximum Gasteiger partial charge on any atom is 0.212 e. The van der Waals surface area contributed by atoms with E-state index < -0.39 is 0 Å². The molecule has 2 aliphatic heterocycles. The lowest BCUT2D eigenvalue weighted by molar-refractivity contribution is 0.0360. The summed E-state index contributed by atoms with van der Waals surface area (Å²) in [4.78, 5) is 21.3. The quantitative estimate of drug-likeness (QED) is 0.246. The Morgan fingerprint density at radius 2 is 1.71 bits per heavy atom. The highest BCUT2D eigenvalue weighted by Gasteiger charge is 2.20. The van der Waals surface area contributed by atoms with Crippen molar-refractivity contribution in [2.75, 3.05) is 71.0 Å². The SMILES string of the molecule is COc1ccc(CN2CCN(c3ccc(-c4nc(-c5cnn(CCN6CCOCC6)c5)cn5ncc(C#N)c45)cn3)CC2)cn1. The molecule has 230 valence electrons. The summed E-state index contributed by atoms with van der Waals surface area (Å²) >= 11 is 0. The minimum absolute atomic E-state index is 0.470. The summed E-state index contributed by atoms with van der Waals surface area (Å²) in [5, 5.41) is 18.9. The van der Waals surface area contributed by atoms with Crippen LogP contribution in [-0.4, -0.2) is 110 Å². The van der Waals surface area contributed by atoms with Crippen LogP contribution in [0.1, 0.15) is 11.1 Å². The van der Waals surface area contributed by atoms with Gasteiger partial charge in [-0.15, -0.1) is 0 Å². The van der Waals surface area contributed by atoms with Crippen LogP contribution in [0.25, 0.3) is 28.0 Å². The van der Waals surface area contributed by atoms with Gasteiger partial charge in [0.1, 0.15) is 23.0 Å². The number of hydrogen-bond acceptors (Lipinski definition) is 11. The third kappa shape index (κ3) is 6.34. The topological polar surface area (TPSA) is 126 Å². The Morgan fingerprint density at radius 1 is 0.844 bits per heavy atom. The van der Waals surface area contributed by atoms with Crippen molar-refractivity contribution in [1.29, 1.82) is 5.26 Å². The minimum atomic E-state index is 0.470. The fourth-order valence-electron chi connectivity index (χ4n) is 5.85. The third-order valence-corrected chi connectivity index (χ3v) is 8.43. The van der Waals surface area contributed by atoms with Gasteiger partial charge in [0.25, 0.3) is 0 Å². The average molecular weight is 606 g/mol. The number of piperazine rings is 1. The molecule has 0 saturated carbocycles. The normalized spacial score (nSPS) is 16.2. The molecule has 2 aliphatic rings. The maximum absolute atomic E-state index is 9.81. The maximum atomic E-state index is 9.81. The lowest BCUT2D eigenvalue weighted by atomic mass is 10.1. The Morgan fingerprint density at radius 3 is 2.44 bits per heavy atom. The van der Waals surface area contributed by atoms with Gasteiger partial charge in [0.2, 0.25) is 5.88 Å². The van der Waals surface area contributed by atoms with Crippen LogP contribution in [0, 0.1) is 11.3 Å². The molecule has 0 aromatic carbocycles. The number of pyridine rings is 2. The van der Waals surface area contributed by atoms with Gasteiger partial charge in [-0.2, -0.15) is 15.5 Å². The second kappa shape index (κ2) is 13.0. The van der Waals surface area contributed by atoms with E-state index in [1.807, 2.05) is 53.9 Å². The van der Waals surface area contributed by atoms with Gasteiger partial charge in [-0.05, 0) is 17.7 Å². The van der Waals surface area contributed by atoms with E-state index >= 15 is 0 Å². The predicted molar refractivity (Wildman–Crippen MR) is 168 cm³/mol. The van der Waals surface area contributed by atoms with E-state index in [0.717, 1.165) is 94.8 Å². The molecule has 0 N–H and O–H groups in total. The number of nitriles is 1. The molecule has 13 heteroatoms. The largest absolute Gasteiger partial charge is 0.481 e. The Hall–Kier alpha value is -4.90. The van der Waals surface area contributed by atoms with E-state index in [0.29, 0.717) is 22.7 Å². The van der Waals surface area contributed by atoms with Crippen LogP contribution < -0.4 is 9.64 Å². The number of anilines is 1. The molecular formula is C32H35N11O2. The molecule has 13 nitrogen and oxygen atoms in total. The smallest absolute Gasteiger partial charge is 0.212 e. The molecule has 0 unspecified atom stereocenters. The predicted octanol–water partition coefficient (Wildman–Crippen LogP) is 2.58. The number of aromatic nitrogens is 7. The summed E-state index contributed by atoms with van der Waals surface area (Å²) in [5.74, 6) is 1.55. The van der Waals surface area contributed by atoms with Crippen LogP contribution in [0.5, 0.6) is 5.88 Å². The summed E-state index contributed by atoms with van der Waals surface area (Å²) in [6.45, 7) is 9.63. The van der Waals surface area contributed by atoms with Gasteiger partial charge >= 0.3 is 0 Å². The highest BCUT2D eigenvalue weighted by atomic mass is 16.5. The number of hydrogen-bond donors (Lipinski definition) is 0. The van der Waals surface area contributed by atoms with Crippen molar-refractivity contribution in [3.8, 4) is 34.5 Å². The molecule has 2 fully saturated rings. The Kier molecular flexibility index (Phi) is 8.33. The van der Waals surface area contributed by atoms with Gasteiger partial charge in [-0.25, -0.2) is 19.5 Å². The molecule has 2 saturated heterocycles. The van der Waals surface area contributed by atoms with Crippen molar-refractivity contribution in [2.24, 2.45) is 0 Å². The van der Waals surface area contributed by atoms with E-state index in [1.165, 1.54) is 5.56 Å². The van der Waals surface area contributed by atoms with Gasteiger partial charge in [-0.3, -0.25) is 14.5 Å². The molecule has 5 aromatic rings. The first-order valence-corrected chi connectivity index (χ1v) is 15.2. The lowest BCUT2D eigenvalue weighted by Crippen LogP contribution is -2.46. The van der Waals surface area contributed by atoms with Gasteiger partial charge in [0.05, 0.1) is 56.8 Å². The number of methoxy groups -OCH3 is 1. The Labute approximate surface area is 261 Å². The molecule has 0 aliphatic carbocycles. The molecule has 45 heavy (non-hydrogen) atoms. The Balaban J connectivity index is 1.06. The van der Waals surface area contributed by atoms with Crippen molar-refractivity contribution in [3.63, 3.8) is 0 Å². The fourth-order valence-corrected chi connectivity index (χ4v) is 5.85. The molecule has 7 rings (SSSR count). The molecule has 0 atom stereocenters. The van der Waals surface area contributed by atoms with E-state index in [4.69, 9.17) is 19.4 Å². The van der Waals surface area contributed by atoms with Gasteiger partial charge < -0.3 is 14.4 Å². The van der Waals surface area contributed by atoms with Crippen LogP contribution in [0.4, 0.5) is 5.82 Å². The molecular weight excluding hydrogens is 570 g/mol. The molecule has 7 heterocycles. The van der Waals surface area contributed by atoms with E-state index in [-0.39, 0.29) is 0 Å². The summed E-state index contributed by atoms with van der Waals surface area (Å²) in [6.07, 6.45) is 11.0. The van der Waals surface area contributed by atoms with Crippen LogP contribution in [0.2, 0.25) is 0 Å². The van der Waals surface area contributed by atoms with Gasteiger partial charge in [0.15, 0.2) is 0 Å². The summed E-state index contributed by atoms with van der Waals surface area (Å²) in [6, 6.07) is 10.3. The second-order valence-corrected chi connectivity index (χ2v) is 11.3. The number of nitrogens with zero attached hydrogens (tertiary/aromatic N) is 11. The van der Waals surface area contributed by atoms with Crippen LogP contribution >= 0.6 is 0 Å². The monoisotopic (exact) mass is 605 g/mol. The summed E-state index contributed by atoms with van der Waals surface area (Å²) in [5.41, 5.74) is 5.42. The van der Waals surface area contributed by atoms with Crippen molar-refractivity contribution in [2.45, 2.75) is 13.1 Å². The van der Waals surface area contributed by atoms with Crippen molar-refractivity contribution < 1.29 is 9.47 Å². The summed E-state index contributed by atoms with van der Waals surface area (Å²) in [7, 11) is 1.63. The molecule has 0 spiro atoms. The van der Waals surface area contributed by atoms with Crippen molar-refractivity contribution in [1.82, 2.24) is 44.1 Å². The lowest BCUT2D eigenvalue weighted by Gasteiger charge is -2.35. The van der Waals surface area contributed by atoms with E-state index in [9.17, 15) is 5.26 Å². The zero-order valence-corrected chi connectivity index (χ0v) is 25.3. The molecule has 5 aromatic heterocycles. The fraction of sp³-hybridized carbons (Fsp3) is 0.375. The minimum Gasteiger partial charge on any atom is -0.481 e. The van der Waals surface area contributed by atoms with Crippen molar-refractivity contribution >= 4 is 11.3 Å². The zero-order chi connectivity index (χ0) is 30.6. The molecule has 0 bridgehead atoms. The first-order valence-electron chi connectivity index (χ1n) is 15.2. The number of ether oxygens (including phenoxy) is 2. The summed E-state index contributed by atoms with van der Waals surface area (Å²) < 4.78 is 14.3. The highest BCUT2D eigenvalue weighted by Crippen LogP contribution is 2.29. The van der Waals surface area contributed by atoms with Crippen LogP contribution in [0.3, 0.4) is 0 Å². The highest BCUT2D eigenvalue weighted by molar-refractivity contribution is 5.83. The van der Waals surface area contributed by atoms with Crippen LogP contribution in [0.15, 0.2) is 61.4 Å². The third-order valence-electron chi connectivity index (χ3n) is 8.43.